The van der Waals surface area contributed by atoms with Crippen LogP contribution in [0, 0.1) is 0 Å². The van der Waals surface area contributed by atoms with Gasteiger partial charge in [0.15, 0.2) is 0 Å². The summed E-state index contributed by atoms with van der Waals surface area (Å²) in [6, 6.07) is 19.9. The van der Waals surface area contributed by atoms with Crippen molar-refractivity contribution in [3.63, 3.8) is 0 Å². The van der Waals surface area contributed by atoms with E-state index in [9.17, 15) is 4.79 Å². The summed E-state index contributed by atoms with van der Waals surface area (Å²) in [7, 11) is 0. The lowest BCUT2D eigenvalue weighted by molar-refractivity contribution is -0.115. The quantitative estimate of drug-likeness (QED) is 0.644. The third-order valence-electron chi connectivity index (χ3n) is 4.35. The highest BCUT2D eigenvalue weighted by Gasteiger charge is 2.13. The molecule has 0 radical (unpaired) electrons. The van der Waals surface area contributed by atoms with Crippen LogP contribution in [0.25, 0.3) is 0 Å². The topological polar surface area (TPSA) is 51.2 Å². The van der Waals surface area contributed by atoms with Gasteiger partial charge in [-0.3, -0.25) is 4.79 Å². The molecule has 0 aliphatic carbocycles. The number of hydrogen-bond donors (Lipinski definition) is 1. The molecule has 2 heterocycles. The molecule has 0 spiro atoms. The summed E-state index contributed by atoms with van der Waals surface area (Å²) in [5.74, 6) is 1.74. The van der Waals surface area contributed by atoms with E-state index in [-0.39, 0.29) is 5.91 Å². The minimum atomic E-state index is -0.0107. The first-order chi connectivity index (χ1) is 13.3. The number of carbonyl (C=O) groups is 1. The van der Waals surface area contributed by atoms with E-state index < -0.39 is 0 Å². The molecule has 0 unspecified atom stereocenters. The van der Waals surface area contributed by atoms with Gasteiger partial charge in [-0.2, -0.15) is 0 Å². The van der Waals surface area contributed by atoms with Gasteiger partial charge in [-0.15, -0.1) is 11.8 Å². The molecule has 0 saturated carbocycles. The van der Waals surface area contributed by atoms with Crippen molar-refractivity contribution in [2.75, 3.05) is 11.9 Å². The Hall–Kier alpha value is -2.79. The highest BCUT2D eigenvalue weighted by molar-refractivity contribution is 7.98. The summed E-state index contributed by atoms with van der Waals surface area (Å²) in [5, 5.41) is 3.99. The fraction of sp³-hybridized carbons (Fsp3) is 0.182. The average molecular weight is 376 g/mol. The molecule has 0 saturated heterocycles. The minimum Gasteiger partial charge on any atom is -0.493 e. The maximum Gasteiger partial charge on any atom is 0.228 e. The van der Waals surface area contributed by atoms with Gasteiger partial charge in [0.1, 0.15) is 5.75 Å². The fourth-order valence-electron chi connectivity index (χ4n) is 3.07. The standard InChI is InChI=1S/C22H20N2O2S/c25-21(14-16-7-8-20-18(12-16)9-11-26-20)24-19-5-3-4-17(13-19)15-27-22-6-1-2-10-23-22/h1-8,10,12-13H,9,11,14-15H2,(H,24,25). The first-order valence-corrected chi connectivity index (χ1v) is 9.92. The lowest BCUT2D eigenvalue weighted by Gasteiger charge is -2.08. The molecule has 1 N–H and O–H groups in total. The van der Waals surface area contributed by atoms with Gasteiger partial charge < -0.3 is 10.1 Å². The molecule has 4 nitrogen and oxygen atoms in total. The maximum atomic E-state index is 12.4. The van der Waals surface area contributed by atoms with Crippen molar-refractivity contribution in [2.45, 2.75) is 23.6 Å². The Balaban J connectivity index is 1.35. The normalized spacial score (nSPS) is 12.3. The molecule has 0 fully saturated rings. The van der Waals surface area contributed by atoms with Gasteiger partial charge in [0.05, 0.1) is 18.1 Å². The van der Waals surface area contributed by atoms with Crippen LogP contribution in [0.1, 0.15) is 16.7 Å². The number of thioether (sulfide) groups is 1. The van der Waals surface area contributed by atoms with E-state index in [1.807, 2.05) is 48.5 Å². The Kier molecular flexibility index (Phi) is 5.39. The molecule has 0 bridgehead atoms. The second kappa shape index (κ2) is 8.27. The molecule has 3 aromatic rings. The molecular formula is C22H20N2O2S. The maximum absolute atomic E-state index is 12.4. The molecule has 27 heavy (non-hydrogen) atoms. The molecule has 0 atom stereocenters. The Bertz CT molecular complexity index is 944. The van der Waals surface area contributed by atoms with Gasteiger partial charge in [-0.25, -0.2) is 4.98 Å². The smallest absolute Gasteiger partial charge is 0.228 e. The van der Waals surface area contributed by atoms with Crippen molar-refractivity contribution in [3.8, 4) is 5.75 Å². The minimum absolute atomic E-state index is 0.0107. The van der Waals surface area contributed by atoms with Crippen molar-refractivity contribution in [3.05, 3.63) is 83.6 Å². The molecule has 1 amide bonds. The van der Waals surface area contributed by atoms with Crippen LogP contribution in [-0.4, -0.2) is 17.5 Å². The monoisotopic (exact) mass is 376 g/mol. The SMILES string of the molecule is O=C(Cc1ccc2c(c1)CCO2)Nc1cccc(CSc2ccccn2)c1. The van der Waals surface area contributed by atoms with Crippen LogP contribution in [-0.2, 0) is 23.4 Å². The first-order valence-electron chi connectivity index (χ1n) is 8.93. The third kappa shape index (κ3) is 4.68. The number of nitrogens with one attached hydrogen (secondary N) is 1. The largest absolute Gasteiger partial charge is 0.493 e. The van der Waals surface area contributed by atoms with Crippen molar-refractivity contribution in [1.29, 1.82) is 0 Å². The van der Waals surface area contributed by atoms with Crippen LogP contribution in [0.2, 0.25) is 0 Å². The molecule has 136 valence electrons. The lowest BCUT2D eigenvalue weighted by Crippen LogP contribution is -2.14. The van der Waals surface area contributed by atoms with E-state index in [1.54, 1.807) is 18.0 Å². The van der Waals surface area contributed by atoms with Gasteiger partial charge in [-0.05, 0) is 47.0 Å². The summed E-state index contributed by atoms with van der Waals surface area (Å²) < 4.78 is 5.52. The van der Waals surface area contributed by atoms with E-state index in [0.29, 0.717) is 6.42 Å². The number of anilines is 1. The molecule has 5 heteroatoms. The Morgan fingerprint density at radius 2 is 2.04 bits per heavy atom. The van der Waals surface area contributed by atoms with Crippen molar-refractivity contribution in [1.82, 2.24) is 4.98 Å². The van der Waals surface area contributed by atoms with Crippen LogP contribution < -0.4 is 10.1 Å². The number of ether oxygens (including phenoxy) is 1. The molecule has 2 aromatic carbocycles. The van der Waals surface area contributed by atoms with E-state index in [2.05, 4.69) is 22.4 Å². The second-order valence-corrected chi connectivity index (χ2v) is 7.42. The Morgan fingerprint density at radius 3 is 2.93 bits per heavy atom. The van der Waals surface area contributed by atoms with Gasteiger partial charge in [0, 0.05) is 24.1 Å². The number of fused-ring (bicyclic) bond motifs is 1. The summed E-state index contributed by atoms with van der Waals surface area (Å²) in [6.45, 7) is 0.730. The summed E-state index contributed by atoms with van der Waals surface area (Å²) in [6.07, 6.45) is 3.07. The average Bonchev–Trinajstić information content (AvgIpc) is 3.15. The number of carbonyl (C=O) groups excluding carboxylic acids is 1. The molecule has 1 aliphatic rings. The summed E-state index contributed by atoms with van der Waals surface area (Å²) >= 11 is 1.68. The van der Waals surface area contributed by atoms with E-state index >= 15 is 0 Å². The number of hydrogen-bond acceptors (Lipinski definition) is 4. The number of pyridine rings is 1. The molecule has 1 aliphatic heterocycles. The van der Waals surface area contributed by atoms with E-state index in [1.165, 1.54) is 5.56 Å². The van der Waals surface area contributed by atoms with Gasteiger partial charge in [0.25, 0.3) is 0 Å². The molecular weight excluding hydrogens is 356 g/mol. The Morgan fingerprint density at radius 1 is 1.07 bits per heavy atom. The van der Waals surface area contributed by atoms with Crippen molar-refractivity contribution in [2.24, 2.45) is 0 Å². The van der Waals surface area contributed by atoms with Crippen LogP contribution in [0.15, 0.2) is 71.9 Å². The molecule has 4 rings (SSSR count). The lowest BCUT2D eigenvalue weighted by atomic mass is 10.1. The fourth-order valence-corrected chi connectivity index (χ4v) is 3.87. The highest BCUT2D eigenvalue weighted by Crippen LogP contribution is 2.26. The van der Waals surface area contributed by atoms with E-state index in [0.717, 1.165) is 46.4 Å². The second-order valence-electron chi connectivity index (χ2n) is 6.42. The number of nitrogens with zero attached hydrogens (tertiary/aromatic N) is 1. The van der Waals surface area contributed by atoms with Crippen LogP contribution in [0.4, 0.5) is 5.69 Å². The van der Waals surface area contributed by atoms with Crippen molar-refractivity contribution >= 4 is 23.4 Å². The predicted octanol–water partition coefficient (Wildman–Crippen LogP) is 4.49. The summed E-state index contributed by atoms with van der Waals surface area (Å²) in [5.41, 5.74) is 4.18. The number of rotatable bonds is 6. The Labute approximate surface area is 163 Å². The zero-order valence-electron chi connectivity index (χ0n) is 14.9. The van der Waals surface area contributed by atoms with Gasteiger partial charge in [-0.1, -0.05) is 30.3 Å². The number of aromatic nitrogens is 1. The van der Waals surface area contributed by atoms with Crippen molar-refractivity contribution < 1.29 is 9.53 Å². The predicted molar refractivity (Wildman–Crippen MR) is 108 cm³/mol. The number of benzene rings is 2. The first kappa shape index (κ1) is 17.6. The van der Waals surface area contributed by atoms with Crippen LogP contribution >= 0.6 is 11.8 Å². The zero-order chi connectivity index (χ0) is 18.5. The summed E-state index contributed by atoms with van der Waals surface area (Å²) in [4.78, 5) is 16.7. The third-order valence-corrected chi connectivity index (χ3v) is 5.37. The zero-order valence-corrected chi connectivity index (χ0v) is 15.7. The van der Waals surface area contributed by atoms with Gasteiger partial charge >= 0.3 is 0 Å². The van der Waals surface area contributed by atoms with Crippen LogP contribution in [0.5, 0.6) is 5.75 Å². The van der Waals surface area contributed by atoms with E-state index in [4.69, 9.17) is 4.74 Å². The highest BCUT2D eigenvalue weighted by atomic mass is 32.2. The van der Waals surface area contributed by atoms with Gasteiger partial charge in [0.2, 0.25) is 5.91 Å². The number of amides is 1. The van der Waals surface area contributed by atoms with Crippen LogP contribution in [0.3, 0.4) is 0 Å². The molecule has 1 aromatic heterocycles.